The summed E-state index contributed by atoms with van der Waals surface area (Å²) in [6.45, 7) is 6.14. The van der Waals surface area contributed by atoms with Crippen LogP contribution in [0.2, 0.25) is 0 Å². The zero-order valence-electron chi connectivity index (χ0n) is 10.6. The van der Waals surface area contributed by atoms with Crippen LogP contribution in [0.3, 0.4) is 0 Å². The summed E-state index contributed by atoms with van der Waals surface area (Å²) in [6.07, 6.45) is 2.63. The largest absolute Gasteiger partial charge is 0.298 e. The van der Waals surface area contributed by atoms with Gasteiger partial charge in [-0.15, -0.1) is 0 Å². The molecule has 0 saturated carbocycles. The van der Waals surface area contributed by atoms with Gasteiger partial charge >= 0.3 is 0 Å². The lowest BCUT2D eigenvalue weighted by Gasteiger charge is -2.15. The lowest BCUT2D eigenvalue weighted by molar-refractivity contribution is 0.112. The summed E-state index contributed by atoms with van der Waals surface area (Å²) in [7, 11) is 0. The Morgan fingerprint density at radius 2 is 1.94 bits per heavy atom. The van der Waals surface area contributed by atoms with Crippen LogP contribution >= 0.6 is 15.9 Å². The molecular weight excluding hydrogens is 292 g/mol. The maximum Gasteiger partial charge on any atom is 0.153 e. The van der Waals surface area contributed by atoms with E-state index in [1.807, 2.05) is 45.0 Å². The molecule has 0 atom stereocenters. The van der Waals surface area contributed by atoms with E-state index >= 15 is 0 Å². The Balaban J connectivity index is 2.58. The van der Waals surface area contributed by atoms with Crippen molar-refractivity contribution in [2.75, 3.05) is 0 Å². The maximum absolute atomic E-state index is 11.1. The van der Waals surface area contributed by atoms with Gasteiger partial charge in [0, 0.05) is 16.1 Å². The third kappa shape index (κ3) is 2.38. The van der Waals surface area contributed by atoms with Crippen LogP contribution in [-0.4, -0.2) is 16.1 Å². The fourth-order valence-corrected chi connectivity index (χ4v) is 2.28. The summed E-state index contributed by atoms with van der Waals surface area (Å²) in [4.78, 5) is 11.1. The number of carbonyl (C=O) groups is 1. The number of hydrogen-bond acceptors (Lipinski definition) is 2. The molecule has 0 aliphatic rings. The summed E-state index contributed by atoms with van der Waals surface area (Å²) < 4.78 is 2.69. The summed E-state index contributed by atoms with van der Waals surface area (Å²) >= 11 is 3.49. The lowest BCUT2D eigenvalue weighted by Crippen LogP contribution is -2.14. The Morgan fingerprint density at radius 3 is 2.44 bits per heavy atom. The molecule has 4 heteroatoms. The molecule has 1 aromatic carbocycles. The fraction of sp³-hybridized carbons (Fsp3) is 0.286. The molecule has 0 bridgehead atoms. The topological polar surface area (TPSA) is 34.9 Å². The van der Waals surface area contributed by atoms with E-state index in [0.717, 1.165) is 22.1 Å². The van der Waals surface area contributed by atoms with E-state index in [-0.39, 0.29) is 5.41 Å². The number of halogens is 1. The SMILES string of the molecule is CC(C)(C)c1nn(-c2ccccc2Br)cc1C=O. The molecule has 18 heavy (non-hydrogen) atoms. The van der Waals surface area contributed by atoms with E-state index in [1.165, 1.54) is 0 Å². The van der Waals surface area contributed by atoms with E-state index in [4.69, 9.17) is 0 Å². The number of hydrogen-bond donors (Lipinski definition) is 0. The molecule has 0 spiro atoms. The molecule has 0 saturated heterocycles. The van der Waals surface area contributed by atoms with Crippen molar-refractivity contribution in [2.24, 2.45) is 0 Å². The number of carbonyl (C=O) groups excluding carboxylic acids is 1. The molecule has 2 aromatic rings. The summed E-state index contributed by atoms with van der Waals surface area (Å²) in [6, 6.07) is 7.80. The minimum absolute atomic E-state index is 0.150. The normalized spacial score (nSPS) is 11.6. The van der Waals surface area contributed by atoms with Gasteiger partial charge in [-0.05, 0) is 28.1 Å². The second-order valence-corrected chi connectivity index (χ2v) is 6.05. The summed E-state index contributed by atoms with van der Waals surface area (Å²) in [5.74, 6) is 0. The highest BCUT2D eigenvalue weighted by Crippen LogP contribution is 2.26. The predicted octanol–water partition coefficient (Wildman–Crippen LogP) is 3.74. The highest BCUT2D eigenvalue weighted by atomic mass is 79.9. The molecule has 0 radical (unpaired) electrons. The molecule has 94 valence electrons. The Morgan fingerprint density at radius 1 is 1.28 bits per heavy atom. The Kier molecular flexibility index (Phi) is 3.39. The molecular formula is C14H15BrN2O. The van der Waals surface area contributed by atoms with E-state index in [2.05, 4.69) is 21.0 Å². The van der Waals surface area contributed by atoms with E-state index < -0.39 is 0 Å². The number of rotatable bonds is 2. The number of benzene rings is 1. The highest BCUT2D eigenvalue weighted by Gasteiger charge is 2.22. The number of nitrogens with zero attached hydrogens (tertiary/aromatic N) is 2. The minimum Gasteiger partial charge on any atom is -0.298 e. The predicted molar refractivity (Wildman–Crippen MR) is 75.4 cm³/mol. The van der Waals surface area contributed by atoms with Gasteiger partial charge in [-0.1, -0.05) is 32.9 Å². The molecule has 2 rings (SSSR count). The van der Waals surface area contributed by atoms with Crippen molar-refractivity contribution < 1.29 is 4.79 Å². The molecule has 0 fully saturated rings. The first-order valence-corrected chi connectivity index (χ1v) is 6.53. The third-order valence-electron chi connectivity index (χ3n) is 2.68. The van der Waals surface area contributed by atoms with Crippen molar-refractivity contribution in [1.82, 2.24) is 9.78 Å². The minimum atomic E-state index is -0.150. The summed E-state index contributed by atoms with van der Waals surface area (Å²) in [5.41, 5.74) is 2.23. The molecule has 0 unspecified atom stereocenters. The standard InChI is InChI=1S/C14H15BrN2O/c1-14(2,3)13-10(9-18)8-17(16-13)12-7-5-4-6-11(12)15/h4-9H,1-3H3. The quantitative estimate of drug-likeness (QED) is 0.792. The van der Waals surface area contributed by atoms with Crippen molar-refractivity contribution >= 4 is 22.2 Å². The average molecular weight is 307 g/mol. The smallest absolute Gasteiger partial charge is 0.153 e. The zero-order chi connectivity index (χ0) is 13.3. The van der Waals surface area contributed by atoms with E-state index in [0.29, 0.717) is 5.56 Å². The first-order chi connectivity index (χ1) is 8.43. The lowest BCUT2D eigenvalue weighted by atomic mass is 9.90. The van der Waals surface area contributed by atoms with Crippen molar-refractivity contribution in [3.63, 3.8) is 0 Å². The van der Waals surface area contributed by atoms with Crippen LogP contribution in [0.5, 0.6) is 0 Å². The fourth-order valence-electron chi connectivity index (χ4n) is 1.82. The van der Waals surface area contributed by atoms with Crippen molar-refractivity contribution in [3.8, 4) is 5.69 Å². The molecule has 3 nitrogen and oxygen atoms in total. The monoisotopic (exact) mass is 306 g/mol. The van der Waals surface area contributed by atoms with Crippen LogP contribution in [-0.2, 0) is 5.41 Å². The zero-order valence-corrected chi connectivity index (χ0v) is 12.2. The molecule has 1 aromatic heterocycles. The maximum atomic E-state index is 11.1. The van der Waals surface area contributed by atoms with Gasteiger partial charge < -0.3 is 0 Å². The average Bonchev–Trinajstić information content (AvgIpc) is 2.73. The van der Waals surface area contributed by atoms with Gasteiger partial charge in [0.05, 0.1) is 16.9 Å². The number of aromatic nitrogens is 2. The van der Waals surface area contributed by atoms with Crippen molar-refractivity contribution in [1.29, 1.82) is 0 Å². The van der Waals surface area contributed by atoms with Crippen LogP contribution in [0.15, 0.2) is 34.9 Å². The first-order valence-electron chi connectivity index (χ1n) is 5.73. The van der Waals surface area contributed by atoms with E-state index in [9.17, 15) is 4.79 Å². The van der Waals surface area contributed by atoms with Crippen LogP contribution in [0.4, 0.5) is 0 Å². The van der Waals surface area contributed by atoms with Gasteiger partial charge in [0.2, 0.25) is 0 Å². The Hall–Kier alpha value is -1.42. The summed E-state index contributed by atoms with van der Waals surface area (Å²) in [5, 5.41) is 4.54. The molecule has 0 amide bonds. The first kappa shape index (κ1) is 13.0. The molecule has 0 N–H and O–H groups in total. The van der Waals surface area contributed by atoms with Crippen LogP contribution < -0.4 is 0 Å². The second-order valence-electron chi connectivity index (χ2n) is 5.20. The third-order valence-corrected chi connectivity index (χ3v) is 3.35. The second kappa shape index (κ2) is 4.69. The van der Waals surface area contributed by atoms with Gasteiger partial charge in [0.15, 0.2) is 6.29 Å². The number of para-hydroxylation sites is 1. The van der Waals surface area contributed by atoms with Gasteiger partial charge in [-0.3, -0.25) is 4.79 Å². The molecule has 0 aliphatic heterocycles. The Bertz CT molecular complexity index is 582. The van der Waals surface area contributed by atoms with Crippen LogP contribution in [0, 0.1) is 0 Å². The van der Waals surface area contributed by atoms with Crippen molar-refractivity contribution in [2.45, 2.75) is 26.2 Å². The van der Waals surface area contributed by atoms with E-state index in [1.54, 1.807) is 10.9 Å². The Labute approximate surface area is 115 Å². The highest BCUT2D eigenvalue weighted by molar-refractivity contribution is 9.10. The van der Waals surface area contributed by atoms with Gasteiger partial charge in [0.25, 0.3) is 0 Å². The van der Waals surface area contributed by atoms with Crippen molar-refractivity contribution in [3.05, 3.63) is 46.2 Å². The van der Waals surface area contributed by atoms with Gasteiger partial charge in [-0.25, -0.2) is 4.68 Å². The van der Waals surface area contributed by atoms with Gasteiger partial charge in [-0.2, -0.15) is 5.10 Å². The number of aldehydes is 1. The van der Waals surface area contributed by atoms with Gasteiger partial charge in [0.1, 0.15) is 0 Å². The molecule has 0 aliphatic carbocycles. The van der Waals surface area contributed by atoms with Crippen LogP contribution in [0.1, 0.15) is 36.8 Å². The van der Waals surface area contributed by atoms with Crippen LogP contribution in [0.25, 0.3) is 5.69 Å². The molecule has 1 heterocycles.